The van der Waals surface area contributed by atoms with Crippen LogP contribution in [0.3, 0.4) is 0 Å². The minimum absolute atomic E-state index is 0.0754. The maximum Gasteiger partial charge on any atom is 0.225 e. The van der Waals surface area contributed by atoms with Gasteiger partial charge in [0, 0.05) is 36.9 Å². The first-order chi connectivity index (χ1) is 15.6. The van der Waals surface area contributed by atoms with Gasteiger partial charge in [-0.05, 0) is 49.6 Å². The summed E-state index contributed by atoms with van der Waals surface area (Å²) >= 11 is 1.61. The third-order valence-electron chi connectivity index (χ3n) is 5.57. The van der Waals surface area contributed by atoms with Crippen LogP contribution in [-0.2, 0) is 11.3 Å². The van der Waals surface area contributed by atoms with Gasteiger partial charge in [0.05, 0.1) is 13.0 Å². The van der Waals surface area contributed by atoms with E-state index in [1.807, 2.05) is 24.3 Å². The summed E-state index contributed by atoms with van der Waals surface area (Å²) in [6.07, 6.45) is 5.27. The van der Waals surface area contributed by atoms with E-state index in [0.29, 0.717) is 13.1 Å². The Balaban J connectivity index is 1.41. The second-order valence-electron chi connectivity index (χ2n) is 7.95. The van der Waals surface area contributed by atoms with Crippen molar-refractivity contribution < 1.29 is 9.53 Å². The van der Waals surface area contributed by atoms with Gasteiger partial charge in [0.2, 0.25) is 5.91 Å². The van der Waals surface area contributed by atoms with Crippen molar-refractivity contribution in [2.75, 3.05) is 25.1 Å². The molecule has 0 unspecified atom stereocenters. The molecule has 1 aromatic heterocycles. The van der Waals surface area contributed by atoms with Gasteiger partial charge in [-0.25, -0.2) is 9.97 Å². The first-order valence-electron chi connectivity index (χ1n) is 10.8. The lowest BCUT2D eigenvalue weighted by Gasteiger charge is -2.33. The lowest BCUT2D eigenvalue weighted by molar-refractivity contribution is -0.125. The number of benzene rings is 2. The highest BCUT2D eigenvalue weighted by Gasteiger charge is 2.28. The van der Waals surface area contributed by atoms with Crippen molar-refractivity contribution in [3.8, 4) is 5.75 Å². The van der Waals surface area contributed by atoms with Crippen molar-refractivity contribution in [1.82, 2.24) is 15.3 Å². The van der Waals surface area contributed by atoms with Gasteiger partial charge in [-0.3, -0.25) is 4.79 Å². The van der Waals surface area contributed by atoms with E-state index in [9.17, 15) is 4.79 Å². The van der Waals surface area contributed by atoms with E-state index in [-0.39, 0.29) is 11.8 Å². The van der Waals surface area contributed by atoms with E-state index in [0.717, 1.165) is 46.4 Å². The van der Waals surface area contributed by atoms with Gasteiger partial charge in [0.15, 0.2) is 5.82 Å². The summed E-state index contributed by atoms with van der Waals surface area (Å²) in [6.45, 7) is 4.09. The molecule has 0 spiro atoms. The molecule has 1 N–H and O–H groups in total. The molecule has 0 radical (unpaired) electrons. The van der Waals surface area contributed by atoms with Crippen molar-refractivity contribution in [3.05, 3.63) is 72.1 Å². The van der Waals surface area contributed by atoms with Gasteiger partial charge in [0.1, 0.15) is 10.8 Å². The van der Waals surface area contributed by atoms with Crippen LogP contribution in [0.25, 0.3) is 0 Å². The topological polar surface area (TPSA) is 67.3 Å². The van der Waals surface area contributed by atoms with Gasteiger partial charge in [-0.1, -0.05) is 41.6 Å². The fourth-order valence-electron chi connectivity index (χ4n) is 3.82. The number of nitrogens with zero attached hydrogens (tertiary/aromatic N) is 3. The number of aromatic nitrogens is 2. The van der Waals surface area contributed by atoms with Gasteiger partial charge in [-0.2, -0.15) is 0 Å². The molecular formula is C25H28N4O2S. The normalized spacial score (nSPS) is 15.9. The van der Waals surface area contributed by atoms with Crippen molar-refractivity contribution in [1.29, 1.82) is 0 Å². The van der Waals surface area contributed by atoms with Gasteiger partial charge in [-0.15, -0.1) is 0 Å². The molecule has 1 aliphatic heterocycles. The summed E-state index contributed by atoms with van der Waals surface area (Å²) in [6, 6.07) is 16.2. The van der Waals surface area contributed by atoms with Crippen molar-refractivity contribution in [3.63, 3.8) is 0 Å². The Morgan fingerprint density at radius 3 is 2.81 bits per heavy atom. The molecule has 3 aromatic rings. The molecule has 1 fully saturated rings. The molecule has 4 rings (SSSR count). The third-order valence-corrected chi connectivity index (χ3v) is 6.56. The lowest BCUT2D eigenvalue weighted by Crippen LogP contribution is -2.43. The Bertz CT molecular complexity index is 1060. The maximum atomic E-state index is 12.9. The molecule has 166 valence electrons. The van der Waals surface area contributed by atoms with E-state index in [1.165, 1.54) is 5.56 Å². The van der Waals surface area contributed by atoms with Crippen LogP contribution in [-0.4, -0.2) is 36.1 Å². The molecule has 0 aliphatic carbocycles. The summed E-state index contributed by atoms with van der Waals surface area (Å²) in [5.41, 5.74) is 2.25. The van der Waals surface area contributed by atoms with Gasteiger partial charge < -0.3 is 15.0 Å². The third kappa shape index (κ3) is 5.59. The molecule has 6 nitrogen and oxygen atoms in total. The Labute approximate surface area is 193 Å². The number of nitrogens with one attached hydrogen (secondary N) is 1. The molecule has 2 aromatic carbocycles. The number of anilines is 1. The minimum Gasteiger partial charge on any atom is -0.497 e. The standard InChI is InChI=1S/C25H28N4O2S/c1-18-8-10-22(11-9-18)32-25-23(26-12-13-27-25)29-14-4-6-20(17-29)24(30)28-16-19-5-3-7-21(15-19)31-2/h3,5,7-13,15,20H,4,6,14,16-17H2,1-2H3,(H,28,30)/t20-/m1/s1. The Morgan fingerprint density at radius 2 is 2.00 bits per heavy atom. The largest absolute Gasteiger partial charge is 0.497 e. The van der Waals surface area contributed by atoms with Gasteiger partial charge >= 0.3 is 0 Å². The number of ether oxygens (including phenoxy) is 1. The molecule has 1 saturated heterocycles. The van der Waals surface area contributed by atoms with E-state index >= 15 is 0 Å². The summed E-state index contributed by atoms with van der Waals surface area (Å²) in [5.74, 6) is 1.65. The van der Waals surface area contributed by atoms with Crippen LogP contribution in [0, 0.1) is 12.8 Å². The number of rotatable bonds is 7. The van der Waals surface area contributed by atoms with Crippen LogP contribution >= 0.6 is 11.8 Å². The monoisotopic (exact) mass is 448 g/mol. The highest BCUT2D eigenvalue weighted by molar-refractivity contribution is 7.99. The van der Waals surface area contributed by atoms with Crippen LogP contribution in [0.4, 0.5) is 5.82 Å². The molecule has 32 heavy (non-hydrogen) atoms. The Morgan fingerprint density at radius 1 is 1.19 bits per heavy atom. The molecule has 2 heterocycles. The van der Waals surface area contributed by atoms with Crippen LogP contribution in [0.1, 0.15) is 24.0 Å². The fourth-order valence-corrected chi connectivity index (χ4v) is 4.71. The SMILES string of the molecule is COc1cccc(CNC(=O)[C@@H]2CCCN(c3nccnc3Sc3ccc(C)cc3)C2)c1. The highest BCUT2D eigenvalue weighted by Crippen LogP contribution is 2.34. The zero-order valence-corrected chi connectivity index (χ0v) is 19.3. The number of aryl methyl sites for hydroxylation is 1. The molecule has 1 amide bonds. The summed E-state index contributed by atoms with van der Waals surface area (Å²) < 4.78 is 5.27. The van der Waals surface area contributed by atoms with Crippen molar-refractivity contribution >= 4 is 23.5 Å². The Hall–Kier alpha value is -3.06. The predicted molar refractivity (Wildman–Crippen MR) is 127 cm³/mol. The number of carbonyl (C=O) groups is 1. The molecule has 1 atom stereocenters. The molecule has 7 heteroatoms. The number of hydrogen-bond acceptors (Lipinski definition) is 6. The first-order valence-corrected chi connectivity index (χ1v) is 11.6. The lowest BCUT2D eigenvalue weighted by atomic mass is 9.97. The molecule has 0 saturated carbocycles. The summed E-state index contributed by atoms with van der Waals surface area (Å²) in [7, 11) is 1.64. The van der Waals surface area contributed by atoms with E-state index in [1.54, 1.807) is 31.3 Å². The first kappa shape index (κ1) is 22.1. The zero-order valence-electron chi connectivity index (χ0n) is 18.5. The van der Waals surface area contributed by atoms with Crippen LogP contribution < -0.4 is 15.0 Å². The Kier molecular flexibility index (Phi) is 7.27. The smallest absolute Gasteiger partial charge is 0.225 e. The second-order valence-corrected chi connectivity index (χ2v) is 9.02. The van der Waals surface area contributed by atoms with E-state index < -0.39 is 0 Å². The number of piperidine rings is 1. The maximum absolute atomic E-state index is 12.9. The quantitative estimate of drug-likeness (QED) is 0.575. The zero-order chi connectivity index (χ0) is 22.3. The summed E-state index contributed by atoms with van der Waals surface area (Å²) in [4.78, 5) is 25.4. The molecule has 0 bridgehead atoms. The molecular weight excluding hydrogens is 420 g/mol. The second kappa shape index (κ2) is 10.5. The van der Waals surface area contributed by atoms with Crippen molar-refractivity contribution in [2.24, 2.45) is 5.92 Å². The number of carbonyl (C=O) groups excluding carboxylic acids is 1. The van der Waals surface area contributed by atoms with Crippen LogP contribution in [0.2, 0.25) is 0 Å². The van der Waals surface area contributed by atoms with Crippen molar-refractivity contribution in [2.45, 2.75) is 36.2 Å². The number of amides is 1. The molecule has 1 aliphatic rings. The average Bonchev–Trinajstić information content (AvgIpc) is 2.84. The number of methoxy groups -OCH3 is 1. The van der Waals surface area contributed by atoms with Gasteiger partial charge in [0.25, 0.3) is 0 Å². The van der Waals surface area contributed by atoms with Crippen LogP contribution in [0.15, 0.2) is 70.8 Å². The highest BCUT2D eigenvalue weighted by atomic mass is 32.2. The fraction of sp³-hybridized carbons (Fsp3) is 0.320. The predicted octanol–water partition coefficient (Wildman–Crippen LogP) is 4.48. The van der Waals surface area contributed by atoms with E-state index in [4.69, 9.17) is 4.74 Å². The minimum atomic E-state index is -0.0754. The van der Waals surface area contributed by atoms with E-state index in [2.05, 4.69) is 51.4 Å². The summed E-state index contributed by atoms with van der Waals surface area (Å²) in [5, 5.41) is 3.96. The number of hydrogen-bond donors (Lipinski definition) is 1. The van der Waals surface area contributed by atoms with Crippen LogP contribution in [0.5, 0.6) is 5.75 Å². The average molecular weight is 449 g/mol.